The maximum Gasteiger partial charge on any atom is 0.343 e. The number of ether oxygens (including phenoxy) is 2. The molecule has 4 heteroatoms. The summed E-state index contributed by atoms with van der Waals surface area (Å²) in [6, 6.07) is 0. The molecule has 0 radical (unpaired) electrons. The van der Waals surface area contributed by atoms with Crippen LogP contribution in [0.1, 0.15) is 20.8 Å². The lowest BCUT2D eigenvalue weighted by molar-refractivity contribution is -0.161. The van der Waals surface area contributed by atoms with E-state index in [1.807, 2.05) is 20.8 Å². The number of fused-ring (bicyclic) bond motifs is 1. The molecule has 4 nitrogen and oxygen atoms in total. The number of epoxide rings is 1. The Hall–Kier alpha value is -0.610. The van der Waals surface area contributed by atoms with E-state index in [0.29, 0.717) is 6.54 Å². The van der Waals surface area contributed by atoms with Crippen LogP contribution in [0.15, 0.2) is 0 Å². The summed E-state index contributed by atoms with van der Waals surface area (Å²) < 4.78 is 10.6. The summed E-state index contributed by atoms with van der Waals surface area (Å²) in [5.41, 5.74) is -1.07. The van der Waals surface area contributed by atoms with Crippen molar-refractivity contribution in [3.63, 3.8) is 0 Å². The van der Waals surface area contributed by atoms with Crippen LogP contribution in [-0.2, 0) is 14.3 Å². The SMILES string of the molecule is CC(C)(C)OC(=O)C12CNCC1O2. The second-order valence-corrected chi connectivity index (χ2v) is 4.63. The van der Waals surface area contributed by atoms with Crippen LogP contribution in [0, 0.1) is 0 Å². The van der Waals surface area contributed by atoms with Gasteiger partial charge in [-0.25, -0.2) is 4.79 Å². The van der Waals surface area contributed by atoms with Crippen LogP contribution in [0.25, 0.3) is 0 Å². The van der Waals surface area contributed by atoms with Gasteiger partial charge in [0.1, 0.15) is 11.7 Å². The van der Waals surface area contributed by atoms with E-state index in [2.05, 4.69) is 5.32 Å². The minimum atomic E-state index is -0.646. The van der Waals surface area contributed by atoms with Gasteiger partial charge in [0.15, 0.2) is 0 Å². The molecule has 0 aromatic heterocycles. The molecule has 0 aromatic carbocycles. The van der Waals surface area contributed by atoms with Crippen LogP contribution < -0.4 is 5.32 Å². The highest BCUT2D eigenvalue weighted by molar-refractivity contribution is 5.84. The molecule has 74 valence electrons. The van der Waals surface area contributed by atoms with Gasteiger partial charge in [-0.15, -0.1) is 0 Å². The molecule has 2 rings (SSSR count). The third-order valence-corrected chi connectivity index (χ3v) is 2.28. The van der Waals surface area contributed by atoms with Crippen molar-refractivity contribution in [2.45, 2.75) is 38.1 Å². The van der Waals surface area contributed by atoms with Crippen molar-refractivity contribution in [3.05, 3.63) is 0 Å². The lowest BCUT2D eigenvalue weighted by Crippen LogP contribution is -2.37. The number of nitrogens with one attached hydrogen (secondary N) is 1. The minimum Gasteiger partial charge on any atom is -0.458 e. The summed E-state index contributed by atoms with van der Waals surface area (Å²) in [5.74, 6) is -0.227. The zero-order chi connectivity index (χ0) is 9.69. The van der Waals surface area contributed by atoms with Crippen molar-refractivity contribution in [1.82, 2.24) is 5.32 Å². The van der Waals surface area contributed by atoms with E-state index in [0.717, 1.165) is 6.54 Å². The van der Waals surface area contributed by atoms with Crippen LogP contribution in [-0.4, -0.2) is 36.4 Å². The van der Waals surface area contributed by atoms with Crippen molar-refractivity contribution in [3.8, 4) is 0 Å². The molecule has 2 fully saturated rings. The highest BCUT2D eigenvalue weighted by Crippen LogP contribution is 2.41. The number of hydrogen-bond acceptors (Lipinski definition) is 4. The molecule has 2 atom stereocenters. The number of carbonyl (C=O) groups is 1. The topological polar surface area (TPSA) is 50.9 Å². The van der Waals surface area contributed by atoms with Gasteiger partial charge in [0.25, 0.3) is 0 Å². The Bertz CT molecular complexity index is 246. The summed E-state index contributed by atoms with van der Waals surface area (Å²) in [5, 5.41) is 3.10. The predicted molar refractivity (Wildman–Crippen MR) is 46.3 cm³/mol. The van der Waals surface area contributed by atoms with Crippen LogP contribution in [0.5, 0.6) is 0 Å². The van der Waals surface area contributed by atoms with E-state index in [4.69, 9.17) is 9.47 Å². The Labute approximate surface area is 77.6 Å². The fourth-order valence-electron chi connectivity index (χ4n) is 1.59. The third kappa shape index (κ3) is 1.44. The normalized spacial score (nSPS) is 37.0. The molecule has 2 unspecified atom stereocenters. The summed E-state index contributed by atoms with van der Waals surface area (Å²) in [6.45, 7) is 6.94. The predicted octanol–water partition coefficient (Wildman–Crippen LogP) is 0.0689. The second-order valence-electron chi connectivity index (χ2n) is 4.63. The van der Waals surface area contributed by atoms with Gasteiger partial charge in [-0.05, 0) is 20.8 Å². The third-order valence-electron chi connectivity index (χ3n) is 2.28. The van der Waals surface area contributed by atoms with Gasteiger partial charge in [-0.1, -0.05) is 0 Å². The average molecular weight is 185 g/mol. The van der Waals surface area contributed by atoms with Gasteiger partial charge in [-0.3, -0.25) is 0 Å². The van der Waals surface area contributed by atoms with E-state index in [-0.39, 0.29) is 12.1 Å². The first-order valence-corrected chi connectivity index (χ1v) is 4.56. The van der Waals surface area contributed by atoms with Crippen molar-refractivity contribution in [2.75, 3.05) is 13.1 Å². The Balaban J connectivity index is 1.99. The van der Waals surface area contributed by atoms with Crippen molar-refractivity contribution < 1.29 is 14.3 Å². The van der Waals surface area contributed by atoms with Gasteiger partial charge in [0.2, 0.25) is 5.60 Å². The molecular formula is C9H15NO3. The van der Waals surface area contributed by atoms with Gasteiger partial charge >= 0.3 is 5.97 Å². The fourth-order valence-corrected chi connectivity index (χ4v) is 1.59. The zero-order valence-corrected chi connectivity index (χ0v) is 8.22. The molecule has 0 aliphatic carbocycles. The molecule has 13 heavy (non-hydrogen) atoms. The van der Waals surface area contributed by atoms with Crippen molar-refractivity contribution in [2.24, 2.45) is 0 Å². The Kier molecular flexibility index (Phi) is 1.69. The Morgan fingerprint density at radius 3 is 2.69 bits per heavy atom. The van der Waals surface area contributed by atoms with E-state index in [9.17, 15) is 4.79 Å². The lowest BCUT2D eigenvalue weighted by atomic mass is 10.1. The molecule has 0 aromatic rings. The standard InChI is InChI=1S/C9H15NO3/c1-8(2,3)13-7(11)9-5-10-4-6(9)12-9/h6,10H,4-5H2,1-3H3. The van der Waals surface area contributed by atoms with Crippen LogP contribution >= 0.6 is 0 Å². The van der Waals surface area contributed by atoms with E-state index < -0.39 is 11.2 Å². The average Bonchev–Trinajstić information content (AvgIpc) is 2.52. The van der Waals surface area contributed by atoms with Crippen LogP contribution in [0.2, 0.25) is 0 Å². The molecule has 0 bridgehead atoms. The molecule has 0 spiro atoms. The van der Waals surface area contributed by atoms with Gasteiger partial charge in [0.05, 0.1) is 0 Å². The molecule has 2 heterocycles. The quantitative estimate of drug-likeness (QED) is 0.464. The van der Waals surface area contributed by atoms with Crippen LogP contribution in [0.4, 0.5) is 0 Å². The molecular weight excluding hydrogens is 170 g/mol. The Morgan fingerprint density at radius 2 is 2.31 bits per heavy atom. The van der Waals surface area contributed by atoms with Crippen LogP contribution in [0.3, 0.4) is 0 Å². The lowest BCUT2D eigenvalue weighted by Gasteiger charge is -2.21. The van der Waals surface area contributed by atoms with Crippen molar-refractivity contribution in [1.29, 1.82) is 0 Å². The van der Waals surface area contributed by atoms with E-state index in [1.54, 1.807) is 0 Å². The fraction of sp³-hybridized carbons (Fsp3) is 0.889. The highest BCUT2D eigenvalue weighted by atomic mass is 16.7. The van der Waals surface area contributed by atoms with E-state index in [1.165, 1.54) is 0 Å². The first kappa shape index (κ1) is 8.97. The smallest absolute Gasteiger partial charge is 0.343 e. The number of morpholine rings is 1. The second kappa shape index (κ2) is 2.45. The number of esters is 1. The minimum absolute atomic E-state index is 0.0438. The van der Waals surface area contributed by atoms with Gasteiger partial charge < -0.3 is 14.8 Å². The molecule has 0 saturated carbocycles. The number of rotatable bonds is 1. The summed E-state index contributed by atoms with van der Waals surface area (Å²) in [6.07, 6.45) is 0.0438. The molecule has 2 aliphatic rings. The summed E-state index contributed by atoms with van der Waals surface area (Å²) in [7, 11) is 0. The van der Waals surface area contributed by atoms with Gasteiger partial charge in [-0.2, -0.15) is 0 Å². The highest BCUT2D eigenvalue weighted by Gasteiger charge is 2.67. The molecule has 1 N–H and O–H groups in total. The van der Waals surface area contributed by atoms with Crippen molar-refractivity contribution >= 4 is 5.97 Å². The first-order valence-electron chi connectivity index (χ1n) is 4.56. The monoisotopic (exact) mass is 185 g/mol. The maximum atomic E-state index is 11.6. The zero-order valence-electron chi connectivity index (χ0n) is 8.22. The summed E-state index contributed by atoms with van der Waals surface area (Å²) in [4.78, 5) is 11.6. The van der Waals surface area contributed by atoms with Gasteiger partial charge in [0, 0.05) is 13.1 Å². The number of carbonyl (C=O) groups excluding carboxylic acids is 1. The largest absolute Gasteiger partial charge is 0.458 e. The number of hydrogen-bond donors (Lipinski definition) is 1. The maximum absolute atomic E-state index is 11.6. The Morgan fingerprint density at radius 1 is 1.62 bits per heavy atom. The first-order chi connectivity index (χ1) is 5.94. The summed E-state index contributed by atoms with van der Waals surface area (Å²) >= 11 is 0. The molecule has 0 amide bonds. The molecule has 2 aliphatic heterocycles. The van der Waals surface area contributed by atoms with E-state index >= 15 is 0 Å². The molecule has 2 saturated heterocycles.